The molecular formula is C24H23NO5S. The van der Waals surface area contributed by atoms with E-state index in [1.165, 1.54) is 22.5 Å². The number of benzene rings is 3. The molecule has 0 unspecified atom stereocenters. The van der Waals surface area contributed by atoms with Crippen LogP contribution in [0, 0.1) is 6.92 Å². The van der Waals surface area contributed by atoms with Gasteiger partial charge in [0.15, 0.2) is 0 Å². The summed E-state index contributed by atoms with van der Waals surface area (Å²) < 4.78 is 33.8. The minimum Gasteiger partial charge on any atom is -0.487 e. The van der Waals surface area contributed by atoms with Gasteiger partial charge in [-0.2, -0.15) is 0 Å². The molecule has 6 nitrogen and oxygen atoms in total. The van der Waals surface area contributed by atoms with Crippen molar-refractivity contribution in [1.82, 2.24) is 0 Å². The summed E-state index contributed by atoms with van der Waals surface area (Å²) in [4.78, 5) is 11.2. The second-order valence-electron chi connectivity index (χ2n) is 6.90. The predicted molar refractivity (Wildman–Crippen MR) is 120 cm³/mol. The lowest BCUT2D eigenvalue weighted by atomic mass is 10.1. The molecule has 0 aromatic heterocycles. The van der Waals surface area contributed by atoms with Crippen LogP contribution in [0.25, 0.3) is 0 Å². The molecule has 0 heterocycles. The average molecular weight is 438 g/mol. The number of aromatic carboxylic acids is 1. The number of sulfonamides is 1. The number of hydrogen-bond donors (Lipinski definition) is 1. The van der Waals surface area contributed by atoms with Crippen LogP contribution in [0.5, 0.6) is 5.75 Å². The molecule has 3 aromatic rings. The van der Waals surface area contributed by atoms with Crippen molar-refractivity contribution in [3.8, 4) is 5.75 Å². The van der Waals surface area contributed by atoms with Crippen molar-refractivity contribution in [2.24, 2.45) is 0 Å². The molecule has 0 fully saturated rings. The maximum absolute atomic E-state index is 13.3. The molecule has 7 heteroatoms. The van der Waals surface area contributed by atoms with Gasteiger partial charge in [0, 0.05) is 0 Å². The van der Waals surface area contributed by atoms with Gasteiger partial charge in [-0.1, -0.05) is 42.5 Å². The highest BCUT2D eigenvalue weighted by Gasteiger charge is 2.26. The van der Waals surface area contributed by atoms with Gasteiger partial charge in [-0.3, -0.25) is 4.31 Å². The topological polar surface area (TPSA) is 83.9 Å². The van der Waals surface area contributed by atoms with Crippen molar-refractivity contribution < 1.29 is 23.1 Å². The summed E-state index contributed by atoms with van der Waals surface area (Å²) >= 11 is 0. The zero-order chi connectivity index (χ0) is 22.4. The highest BCUT2D eigenvalue weighted by Crippen LogP contribution is 2.34. The minimum atomic E-state index is -3.83. The smallest absolute Gasteiger partial charge is 0.335 e. The van der Waals surface area contributed by atoms with E-state index in [0.717, 1.165) is 11.1 Å². The average Bonchev–Trinajstić information content (AvgIpc) is 2.77. The van der Waals surface area contributed by atoms with Crippen LogP contribution in [0.4, 0.5) is 5.69 Å². The van der Waals surface area contributed by atoms with E-state index in [4.69, 9.17) is 9.84 Å². The molecule has 0 aliphatic heterocycles. The molecule has 0 aliphatic rings. The molecule has 0 radical (unpaired) electrons. The largest absolute Gasteiger partial charge is 0.487 e. The summed E-state index contributed by atoms with van der Waals surface area (Å²) in [6.07, 6.45) is 1.52. The van der Waals surface area contributed by atoms with Crippen molar-refractivity contribution >= 4 is 21.7 Å². The Morgan fingerprint density at radius 1 is 1.06 bits per heavy atom. The molecule has 3 aromatic carbocycles. The summed E-state index contributed by atoms with van der Waals surface area (Å²) in [6, 6.07) is 19.8. The fourth-order valence-electron chi connectivity index (χ4n) is 3.01. The Bertz CT molecular complexity index is 1170. The Morgan fingerprint density at radius 2 is 1.74 bits per heavy atom. The number of hydrogen-bond acceptors (Lipinski definition) is 4. The molecule has 160 valence electrons. The fraction of sp³-hybridized carbons (Fsp3) is 0.125. The van der Waals surface area contributed by atoms with E-state index >= 15 is 0 Å². The molecule has 1 N–H and O–H groups in total. The van der Waals surface area contributed by atoms with E-state index in [9.17, 15) is 13.2 Å². The first-order chi connectivity index (χ1) is 14.8. The molecule has 0 amide bonds. The van der Waals surface area contributed by atoms with Crippen LogP contribution >= 0.6 is 0 Å². The number of carbonyl (C=O) groups is 1. The molecular weight excluding hydrogens is 414 g/mol. The first-order valence-electron chi connectivity index (χ1n) is 9.57. The van der Waals surface area contributed by atoms with Gasteiger partial charge in [-0.15, -0.1) is 6.58 Å². The van der Waals surface area contributed by atoms with Crippen molar-refractivity contribution in [1.29, 1.82) is 0 Å². The van der Waals surface area contributed by atoms with Crippen molar-refractivity contribution in [3.63, 3.8) is 0 Å². The molecule has 0 saturated carbocycles. The number of carboxylic acids is 1. The molecule has 0 saturated heterocycles. The Hall–Kier alpha value is -3.58. The Balaban J connectivity index is 1.94. The third kappa shape index (κ3) is 5.13. The summed E-state index contributed by atoms with van der Waals surface area (Å²) in [7, 11) is -3.83. The number of carboxylic acid groups (broad SMARTS) is 1. The van der Waals surface area contributed by atoms with E-state index in [1.807, 2.05) is 13.0 Å². The summed E-state index contributed by atoms with van der Waals surface area (Å²) in [5, 5.41) is 9.03. The lowest BCUT2D eigenvalue weighted by molar-refractivity contribution is 0.0697. The second-order valence-corrected chi connectivity index (χ2v) is 8.76. The Kier molecular flexibility index (Phi) is 6.77. The van der Waals surface area contributed by atoms with Gasteiger partial charge >= 0.3 is 5.97 Å². The lowest BCUT2D eigenvalue weighted by Crippen LogP contribution is -2.31. The lowest BCUT2D eigenvalue weighted by Gasteiger charge is -2.25. The standard InChI is InChI=1S/C24H23NO5S/c1-3-15-25(31(28,29)21-7-5-4-6-8-21)22-14-9-18(2)16-23(22)30-17-19-10-12-20(13-11-19)24(26)27/h3-14,16H,1,15,17H2,2H3,(H,26,27). The number of nitrogens with zero attached hydrogens (tertiary/aromatic N) is 1. The quantitative estimate of drug-likeness (QED) is 0.493. The van der Waals surface area contributed by atoms with E-state index in [-0.39, 0.29) is 23.6 Å². The van der Waals surface area contributed by atoms with Gasteiger partial charge in [-0.25, -0.2) is 13.2 Å². The maximum atomic E-state index is 13.3. The fourth-order valence-corrected chi connectivity index (χ4v) is 4.48. The zero-order valence-electron chi connectivity index (χ0n) is 17.1. The van der Waals surface area contributed by atoms with Gasteiger partial charge in [0.05, 0.1) is 22.7 Å². The maximum Gasteiger partial charge on any atom is 0.335 e. The van der Waals surface area contributed by atoms with Crippen LogP contribution in [-0.4, -0.2) is 26.0 Å². The van der Waals surface area contributed by atoms with Crippen LogP contribution in [0.2, 0.25) is 0 Å². The highest BCUT2D eigenvalue weighted by molar-refractivity contribution is 7.92. The number of rotatable bonds is 9. The van der Waals surface area contributed by atoms with Crippen molar-refractivity contribution in [2.75, 3.05) is 10.8 Å². The molecule has 0 aliphatic carbocycles. The highest BCUT2D eigenvalue weighted by atomic mass is 32.2. The molecule has 31 heavy (non-hydrogen) atoms. The number of anilines is 1. The summed E-state index contributed by atoms with van der Waals surface area (Å²) in [5.74, 6) is -0.594. The number of ether oxygens (including phenoxy) is 1. The van der Waals surface area contributed by atoms with Crippen LogP contribution in [-0.2, 0) is 16.6 Å². The first-order valence-corrected chi connectivity index (χ1v) is 11.0. The minimum absolute atomic E-state index is 0.0734. The number of aryl methyl sites for hydroxylation is 1. The molecule has 3 rings (SSSR count). The van der Waals surface area contributed by atoms with Crippen LogP contribution in [0.15, 0.2) is 90.3 Å². The van der Waals surface area contributed by atoms with Crippen molar-refractivity contribution in [3.05, 3.63) is 102 Å². The van der Waals surface area contributed by atoms with E-state index in [0.29, 0.717) is 11.4 Å². The normalized spacial score (nSPS) is 11.0. The van der Waals surface area contributed by atoms with Gasteiger partial charge < -0.3 is 9.84 Å². The zero-order valence-corrected chi connectivity index (χ0v) is 17.9. The van der Waals surface area contributed by atoms with Crippen LogP contribution in [0.1, 0.15) is 21.5 Å². The van der Waals surface area contributed by atoms with Crippen LogP contribution in [0.3, 0.4) is 0 Å². The second kappa shape index (κ2) is 9.49. The van der Waals surface area contributed by atoms with Crippen LogP contribution < -0.4 is 9.04 Å². The molecule has 0 atom stereocenters. The van der Waals surface area contributed by atoms with Gasteiger partial charge in [0.25, 0.3) is 10.0 Å². The van der Waals surface area contributed by atoms with Gasteiger partial charge in [0.2, 0.25) is 0 Å². The monoisotopic (exact) mass is 437 g/mol. The molecule has 0 bridgehead atoms. The van der Waals surface area contributed by atoms with Gasteiger partial charge in [0.1, 0.15) is 12.4 Å². The van der Waals surface area contributed by atoms with Crippen molar-refractivity contribution in [2.45, 2.75) is 18.4 Å². The Morgan fingerprint density at radius 3 is 2.35 bits per heavy atom. The summed E-state index contributed by atoms with van der Waals surface area (Å²) in [5.41, 5.74) is 2.26. The predicted octanol–water partition coefficient (Wildman–Crippen LogP) is 4.65. The van der Waals surface area contributed by atoms with E-state index in [2.05, 4.69) is 6.58 Å². The van der Waals surface area contributed by atoms with E-state index < -0.39 is 16.0 Å². The molecule has 0 spiro atoms. The third-order valence-electron chi connectivity index (χ3n) is 4.61. The SMILES string of the molecule is C=CCN(c1ccc(C)cc1OCc1ccc(C(=O)O)cc1)S(=O)(=O)c1ccccc1. The first kappa shape index (κ1) is 22.1. The Labute approximate surface area is 182 Å². The van der Waals surface area contributed by atoms with E-state index in [1.54, 1.807) is 54.6 Å². The summed E-state index contributed by atoms with van der Waals surface area (Å²) in [6.45, 7) is 5.82. The third-order valence-corrected chi connectivity index (χ3v) is 6.40. The van der Waals surface area contributed by atoms with Gasteiger partial charge in [-0.05, 0) is 54.4 Å².